The predicted molar refractivity (Wildman–Crippen MR) is 116 cm³/mol. The van der Waals surface area contributed by atoms with Gasteiger partial charge < -0.3 is 25.2 Å². The molecule has 0 spiro atoms. The Morgan fingerprint density at radius 3 is 2.60 bits per heavy atom. The fourth-order valence-electron chi connectivity index (χ4n) is 4.77. The highest BCUT2D eigenvalue weighted by atomic mass is 32.1. The first-order valence-electron chi connectivity index (χ1n) is 10.4. The summed E-state index contributed by atoms with van der Waals surface area (Å²) in [6.07, 6.45) is -1.41. The normalized spacial score (nSPS) is 28.0. The number of benzene rings is 2. The van der Waals surface area contributed by atoms with Crippen molar-refractivity contribution in [1.29, 1.82) is 0 Å². The van der Waals surface area contributed by atoms with Crippen LogP contribution in [0.25, 0.3) is 10.1 Å². The molecule has 3 aromatic rings. The SMILES string of the molecule is Cc1cc(O)c(C2O[C@H](CO)C[C@H](O)[C@H]2O)cc1C1(c2cc3ccccc3s2)CC1. The third kappa shape index (κ3) is 3.15. The Labute approximate surface area is 179 Å². The maximum Gasteiger partial charge on any atom is 0.121 e. The number of rotatable bonds is 4. The molecule has 1 aliphatic heterocycles. The first-order chi connectivity index (χ1) is 14.4. The second kappa shape index (κ2) is 7.32. The van der Waals surface area contributed by atoms with E-state index >= 15 is 0 Å². The highest BCUT2D eigenvalue weighted by Crippen LogP contribution is 2.58. The summed E-state index contributed by atoms with van der Waals surface area (Å²) in [5.41, 5.74) is 2.49. The van der Waals surface area contributed by atoms with E-state index in [-0.39, 0.29) is 24.2 Å². The number of aliphatic hydroxyl groups is 3. The molecule has 4 atom stereocenters. The van der Waals surface area contributed by atoms with Crippen LogP contribution in [0.2, 0.25) is 0 Å². The van der Waals surface area contributed by atoms with E-state index in [1.54, 1.807) is 17.4 Å². The molecule has 158 valence electrons. The lowest BCUT2D eigenvalue weighted by Gasteiger charge is -2.37. The first-order valence-corrected chi connectivity index (χ1v) is 11.2. The lowest BCUT2D eigenvalue weighted by Crippen LogP contribution is -2.44. The molecule has 1 unspecified atom stereocenters. The lowest BCUT2D eigenvalue weighted by molar-refractivity contribution is -0.180. The molecular weight excluding hydrogens is 400 g/mol. The van der Waals surface area contributed by atoms with Crippen molar-refractivity contribution in [3.05, 3.63) is 64.0 Å². The summed E-state index contributed by atoms with van der Waals surface area (Å²) in [5, 5.41) is 42.2. The summed E-state index contributed by atoms with van der Waals surface area (Å²) < 4.78 is 7.11. The van der Waals surface area contributed by atoms with Crippen LogP contribution in [0.4, 0.5) is 0 Å². The van der Waals surface area contributed by atoms with Crippen LogP contribution in [-0.4, -0.2) is 45.3 Å². The van der Waals surface area contributed by atoms with E-state index in [2.05, 4.69) is 24.3 Å². The van der Waals surface area contributed by atoms with E-state index in [9.17, 15) is 20.4 Å². The molecule has 30 heavy (non-hydrogen) atoms. The molecule has 0 bridgehead atoms. The Hall–Kier alpha value is -1.96. The average molecular weight is 427 g/mol. The molecule has 5 nitrogen and oxygen atoms in total. The topological polar surface area (TPSA) is 90.2 Å². The molecule has 2 aliphatic rings. The van der Waals surface area contributed by atoms with Gasteiger partial charge in [0.25, 0.3) is 0 Å². The van der Waals surface area contributed by atoms with E-state index in [1.807, 2.05) is 19.1 Å². The van der Waals surface area contributed by atoms with Crippen molar-refractivity contribution in [2.45, 2.75) is 56.0 Å². The van der Waals surface area contributed by atoms with Gasteiger partial charge in [-0.15, -0.1) is 11.3 Å². The molecule has 1 aromatic heterocycles. The second-order valence-electron chi connectivity index (χ2n) is 8.61. The van der Waals surface area contributed by atoms with Gasteiger partial charge in [0.15, 0.2) is 0 Å². The van der Waals surface area contributed by atoms with Gasteiger partial charge in [0.05, 0.1) is 18.8 Å². The van der Waals surface area contributed by atoms with E-state index in [0.29, 0.717) is 5.56 Å². The van der Waals surface area contributed by atoms with Crippen molar-refractivity contribution in [2.24, 2.45) is 0 Å². The zero-order chi connectivity index (χ0) is 21.0. The van der Waals surface area contributed by atoms with Crippen molar-refractivity contribution < 1.29 is 25.2 Å². The summed E-state index contributed by atoms with van der Waals surface area (Å²) in [4.78, 5) is 1.31. The third-order valence-electron chi connectivity index (χ3n) is 6.59. The van der Waals surface area contributed by atoms with E-state index in [4.69, 9.17) is 4.74 Å². The number of aliphatic hydroxyl groups excluding tert-OH is 3. The summed E-state index contributed by atoms with van der Waals surface area (Å²) >= 11 is 1.80. The summed E-state index contributed by atoms with van der Waals surface area (Å²) in [7, 11) is 0. The summed E-state index contributed by atoms with van der Waals surface area (Å²) in [5.74, 6) is 0.0400. The number of aryl methyl sites for hydroxylation is 1. The van der Waals surface area contributed by atoms with Crippen LogP contribution >= 0.6 is 11.3 Å². The van der Waals surface area contributed by atoms with Gasteiger partial charge in [0.2, 0.25) is 0 Å². The Morgan fingerprint density at radius 2 is 1.90 bits per heavy atom. The van der Waals surface area contributed by atoms with Crippen LogP contribution in [0.3, 0.4) is 0 Å². The molecule has 2 fully saturated rings. The minimum atomic E-state index is -1.16. The van der Waals surface area contributed by atoms with Crippen molar-refractivity contribution in [2.75, 3.05) is 6.61 Å². The van der Waals surface area contributed by atoms with Gasteiger partial charge in [-0.2, -0.15) is 0 Å². The van der Waals surface area contributed by atoms with Gasteiger partial charge in [-0.3, -0.25) is 0 Å². The molecule has 5 rings (SSSR count). The maximum absolute atomic E-state index is 10.7. The number of aromatic hydroxyl groups is 1. The lowest BCUT2D eigenvalue weighted by atomic mass is 9.85. The molecule has 1 aliphatic carbocycles. The van der Waals surface area contributed by atoms with Crippen molar-refractivity contribution in [3.63, 3.8) is 0 Å². The highest BCUT2D eigenvalue weighted by molar-refractivity contribution is 7.19. The standard InChI is InChI=1S/C24H26O5S/c1-13-8-18(26)16(23-22(28)19(27)10-15(12-25)29-23)11-17(13)24(6-7-24)21-9-14-4-2-3-5-20(14)30-21/h2-5,8-9,11,15,19,22-23,25-28H,6-7,10,12H2,1H3/t15-,19-,22+,23?/m0/s1. The predicted octanol–water partition coefficient (Wildman–Crippen LogP) is 3.54. The van der Waals surface area contributed by atoms with Gasteiger partial charge in [-0.05, 0) is 60.5 Å². The number of phenolic OH excluding ortho intramolecular Hbond substituents is 1. The van der Waals surface area contributed by atoms with Gasteiger partial charge in [-0.1, -0.05) is 18.2 Å². The van der Waals surface area contributed by atoms with Crippen molar-refractivity contribution in [1.82, 2.24) is 0 Å². The van der Waals surface area contributed by atoms with Gasteiger partial charge >= 0.3 is 0 Å². The van der Waals surface area contributed by atoms with Crippen LogP contribution in [0.1, 0.15) is 46.9 Å². The fourth-order valence-corrected chi connectivity index (χ4v) is 6.10. The Bertz CT molecular complexity index is 1050. The Balaban J connectivity index is 1.58. The van der Waals surface area contributed by atoms with Gasteiger partial charge in [0.1, 0.15) is 18.0 Å². The fraction of sp³-hybridized carbons (Fsp3) is 0.417. The van der Waals surface area contributed by atoms with Crippen LogP contribution in [0, 0.1) is 6.92 Å². The van der Waals surface area contributed by atoms with E-state index in [1.165, 1.54) is 15.0 Å². The highest BCUT2D eigenvalue weighted by Gasteiger charge is 2.49. The molecule has 0 radical (unpaired) electrons. The van der Waals surface area contributed by atoms with Crippen LogP contribution < -0.4 is 0 Å². The quantitative estimate of drug-likeness (QED) is 0.512. The zero-order valence-electron chi connectivity index (χ0n) is 16.8. The molecule has 2 heterocycles. The largest absolute Gasteiger partial charge is 0.508 e. The number of phenols is 1. The molecule has 1 saturated carbocycles. The zero-order valence-corrected chi connectivity index (χ0v) is 17.6. The Morgan fingerprint density at radius 1 is 1.13 bits per heavy atom. The van der Waals surface area contributed by atoms with Crippen molar-refractivity contribution >= 4 is 21.4 Å². The molecule has 1 saturated heterocycles. The first kappa shape index (κ1) is 20.0. The number of hydrogen-bond donors (Lipinski definition) is 4. The average Bonchev–Trinajstić information content (AvgIpc) is 3.41. The maximum atomic E-state index is 10.7. The van der Waals surface area contributed by atoms with Crippen LogP contribution in [0.5, 0.6) is 5.75 Å². The van der Waals surface area contributed by atoms with Crippen LogP contribution in [0.15, 0.2) is 42.5 Å². The molecule has 2 aromatic carbocycles. The number of thiophene rings is 1. The minimum Gasteiger partial charge on any atom is -0.508 e. The smallest absolute Gasteiger partial charge is 0.121 e. The van der Waals surface area contributed by atoms with Gasteiger partial charge in [0, 0.05) is 27.0 Å². The van der Waals surface area contributed by atoms with Crippen molar-refractivity contribution in [3.8, 4) is 5.75 Å². The van der Waals surface area contributed by atoms with Gasteiger partial charge in [-0.25, -0.2) is 0 Å². The molecule has 4 N–H and O–H groups in total. The van der Waals surface area contributed by atoms with E-state index in [0.717, 1.165) is 24.0 Å². The molecule has 6 heteroatoms. The minimum absolute atomic E-state index is 0.0400. The number of hydrogen-bond acceptors (Lipinski definition) is 6. The number of ether oxygens (including phenoxy) is 1. The van der Waals surface area contributed by atoms with Crippen LogP contribution in [-0.2, 0) is 10.2 Å². The molecule has 0 amide bonds. The number of fused-ring (bicyclic) bond motifs is 1. The van der Waals surface area contributed by atoms with E-state index < -0.39 is 24.4 Å². The third-order valence-corrected chi connectivity index (χ3v) is 7.91. The Kier molecular flexibility index (Phi) is 4.87. The monoisotopic (exact) mass is 426 g/mol. The second-order valence-corrected chi connectivity index (χ2v) is 9.70. The summed E-state index contributed by atoms with van der Waals surface area (Å²) in [6, 6.07) is 14.3. The molecular formula is C24H26O5S. The summed E-state index contributed by atoms with van der Waals surface area (Å²) in [6.45, 7) is 1.75.